The molecule has 2 aromatic carbocycles. The minimum atomic E-state index is -0.833. The number of benzene rings is 2. The molecule has 1 aliphatic carbocycles. The van der Waals surface area contributed by atoms with E-state index >= 15 is 0 Å². The van der Waals surface area contributed by atoms with E-state index < -0.39 is 16.9 Å². The van der Waals surface area contributed by atoms with Crippen LogP contribution in [-0.2, 0) is 10.3 Å². The summed E-state index contributed by atoms with van der Waals surface area (Å²) in [7, 11) is 1.69. The number of nitrogens with one attached hydrogen (secondary N) is 3. The van der Waals surface area contributed by atoms with Crippen LogP contribution >= 0.6 is 0 Å². The smallest absolute Gasteiger partial charge is 0.297 e. The summed E-state index contributed by atoms with van der Waals surface area (Å²) >= 11 is 0. The Bertz CT molecular complexity index is 1410. The summed E-state index contributed by atoms with van der Waals surface area (Å²) in [6.07, 6.45) is 4.69. The third-order valence-electron chi connectivity index (χ3n) is 6.35. The van der Waals surface area contributed by atoms with E-state index in [1.807, 2.05) is 26.0 Å². The number of ether oxygens (including phenoxy) is 1. The van der Waals surface area contributed by atoms with E-state index in [4.69, 9.17) is 4.74 Å². The fourth-order valence-electron chi connectivity index (χ4n) is 4.11. The second-order valence-corrected chi connectivity index (χ2v) is 9.90. The van der Waals surface area contributed by atoms with Gasteiger partial charge in [-0.25, -0.2) is 9.37 Å². The molecular formula is C28H32FN5O4. The van der Waals surface area contributed by atoms with Crippen molar-refractivity contribution in [3.63, 3.8) is 0 Å². The van der Waals surface area contributed by atoms with Crippen LogP contribution in [-0.4, -0.2) is 47.5 Å². The highest BCUT2D eigenvalue weighted by atomic mass is 19.1. The number of carbonyl (C=O) groups excluding carboxylic acids is 2. The molecule has 4 rings (SSSR count). The zero-order valence-electron chi connectivity index (χ0n) is 21.9. The molecule has 0 spiro atoms. The minimum Gasteiger partial charge on any atom is -0.485 e. The Labute approximate surface area is 220 Å². The lowest BCUT2D eigenvalue weighted by Crippen LogP contribution is -2.34. The fourth-order valence-corrected chi connectivity index (χ4v) is 4.11. The van der Waals surface area contributed by atoms with Crippen LogP contribution in [0.2, 0.25) is 0 Å². The summed E-state index contributed by atoms with van der Waals surface area (Å²) in [5.41, 5.74) is 0.00968. The number of Topliss-reactive ketones (excluding diaryl/α,β-unsaturated/α-hetero) is 1. The van der Waals surface area contributed by atoms with Gasteiger partial charge in [-0.1, -0.05) is 18.2 Å². The second kappa shape index (κ2) is 11.1. The highest BCUT2D eigenvalue weighted by Crippen LogP contribution is 2.32. The number of rotatable bonds is 11. The van der Waals surface area contributed by atoms with Crippen molar-refractivity contribution in [2.75, 3.05) is 25.5 Å². The van der Waals surface area contributed by atoms with E-state index in [9.17, 15) is 18.8 Å². The molecule has 1 heterocycles. The highest BCUT2D eigenvalue weighted by Gasteiger charge is 2.27. The van der Waals surface area contributed by atoms with Gasteiger partial charge in [0.15, 0.2) is 11.6 Å². The lowest BCUT2D eigenvalue weighted by atomic mass is 9.93. The Balaban J connectivity index is 1.64. The van der Waals surface area contributed by atoms with Gasteiger partial charge in [0.25, 0.3) is 11.5 Å². The molecule has 10 heteroatoms. The average molecular weight is 522 g/mol. The minimum absolute atomic E-state index is 0.0335. The van der Waals surface area contributed by atoms with Crippen LogP contribution in [0.25, 0.3) is 5.69 Å². The molecule has 3 N–H and O–H groups in total. The molecule has 0 saturated heterocycles. The van der Waals surface area contributed by atoms with Gasteiger partial charge in [0, 0.05) is 35.1 Å². The average Bonchev–Trinajstić information content (AvgIpc) is 3.70. The molecule has 0 unspecified atom stereocenters. The van der Waals surface area contributed by atoms with Crippen molar-refractivity contribution in [2.24, 2.45) is 0 Å². The Morgan fingerprint density at radius 2 is 1.95 bits per heavy atom. The zero-order valence-corrected chi connectivity index (χ0v) is 21.9. The Morgan fingerprint density at radius 1 is 1.21 bits per heavy atom. The van der Waals surface area contributed by atoms with Gasteiger partial charge < -0.3 is 20.7 Å². The Kier molecular flexibility index (Phi) is 7.91. The van der Waals surface area contributed by atoms with Gasteiger partial charge in [-0.2, -0.15) is 0 Å². The first kappa shape index (κ1) is 27.0. The molecule has 9 nitrogen and oxygen atoms in total. The maximum absolute atomic E-state index is 14.8. The van der Waals surface area contributed by atoms with Crippen molar-refractivity contribution < 1.29 is 18.7 Å². The number of hydrogen-bond donors (Lipinski definition) is 3. The monoisotopic (exact) mass is 521 g/mol. The maximum atomic E-state index is 14.8. The number of amides is 1. The molecule has 1 aliphatic rings. The zero-order chi connectivity index (χ0) is 27.4. The molecule has 38 heavy (non-hydrogen) atoms. The summed E-state index contributed by atoms with van der Waals surface area (Å²) in [5.74, 6) is -0.527. The van der Waals surface area contributed by atoms with Crippen LogP contribution < -0.4 is 26.2 Å². The molecule has 1 amide bonds. The standard InChI is InChI=1S/C28H32FN5O4/c1-17-22(29)13-18(26(36)32-19-9-10-19)14-23(17)34-12-11-31-25(27(34)37)33-28(2,3)21-7-5-6-8-24(21)38-16-20(35)15-30-4/h5-8,11-14,19,30H,9-10,15-16H2,1-4H3,(H,31,33)(H,32,36). The van der Waals surface area contributed by atoms with E-state index in [1.165, 1.54) is 29.1 Å². The number of hydrogen-bond acceptors (Lipinski definition) is 7. The highest BCUT2D eigenvalue weighted by molar-refractivity contribution is 5.95. The first-order valence-electron chi connectivity index (χ1n) is 12.5. The SMILES string of the molecule is CNCC(=O)COc1ccccc1C(C)(C)Nc1nccn(-c2cc(C(=O)NC3CC3)cc(F)c2C)c1=O. The third-order valence-corrected chi connectivity index (χ3v) is 6.35. The van der Waals surface area contributed by atoms with Crippen LogP contribution in [0.15, 0.2) is 53.6 Å². The summed E-state index contributed by atoms with van der Waals surface area (Å²) in [4.78, 5) is 42.3. The molecule has 0 atom stereocenters. The lowest BCUT2D eigenvalue weighted by molar-refractivity contribution is -0.120. The van der Waals surface area contributed by atoms with Gasteiger partial charge in [0.05, 0.1) is 17.8 Å². The van der Waals surface area contributed by atoms with Crippen molar-refractivity contribution in [3.05, 3.63) is 81.7 Å². The number of halogens is 1. The molecule has 0 aliphatic heterocycles. The molecule has 1 fully saturated rings. The number of nitrogens with zero attached hydrogens (tertiary/aromatic N) is 2. The van der Waals surface area contributed by atoms with E-state index in [0.717, 1.165) is 18.4 Å². The first-order chi connectivity index (χ1) is 18.1. The maximum Gasteiger partial charge on any atom is 0.297 e. The fraction of sp³-hybridized carbons (Fsp3) is 0.357. The van der Waals surface area contributed by atoms with Crippen LogP contribution in [0, 0.1) is 12.7 Å². The van der Waals surface area contributed by atoms with Crippen LogP contribution in [0.1, 0.15) is 48.2 Å². The van der Waals surface area contributed by atoms with E-state index in [0.29, 0.717) is 5.75 Å². The molecule has 200 valence electrons. The van der Waals surface area contributed by atoms with E-state index in [-0.39, 0.29) is 53.5 Å². The predicted molar refractivity (Wildman–Crippen MR) is 143 cm³/mol. The molecule has 1 aromatic heterocycles. The number of carbonyl (C=O) groups is 2. The van der Waals surface area contributed by atoms with Crippen molar-refractivity contribution in [1.29, 1.82) is 0 Å². The van der Waals surface area contributed by atoms with Crippen LogP contribution in [0.4, 0.5) is 10.2 Å². The van der Waals surface area contributed by atoms with Crippen LogP contribution in [0.5, 0.6) is 5.75 Å². The summed E-state index contributed by atoms with van der Waals surface area (Å²) in [6, 6.07) is 10.0. The number of aromatic nitrogens is 2. The Morgan fingerprint density at radius 3 is 2.66 bits per heavy atom. The Hall–Kier alpha value is -4.05. The molecule has 3 aromatic rings. The van der Waals surface area contributed by atoms with Gasteiger partial charge in [-0.15, -0.1) is 0 Å². The number of para-hydroxylation sites is 1. The normalized spacial score (nSPS) is 13.2. The summed E-state index contributed by atoms with van der Waals surface area (Å²) < 4.78 is 21.9. The van der Waals surface area contributed by atoms with Gasteiger partial charge in [-0.05, 0) is 58.9 Å². The number of likely N-dealkylation sites (N-methyl/N-ethyl adjacent to an activating group) is 1. The quantitative estimate of drug-likeness (QED) is 0.355. The van der Waals surface area contributed by atoms with E-state index in [2.05, 4.69) is 20.9 Å². The van der Waals surface area contributed by atoms with Gasteiger partial charge in [0.2, 0.25) is 0 Å². The van der Waals surface area contributed by atoms with Crippen LogP contribution in [0.3, 0.4) is 0 Å². The number of anilines is 1. The van der Waals surface area contributed by atoms with Gasteiger partial charge in [-0.3, -0.25) is 19.0 Å². The third kappa shape index (κ3) is 6.08. The number of ketones is 1. The van der Waals surface area contributed by atoms with Crippen molar-refractivity contribution in [1.82, 2.24) is 20.2 Å². The predicted octanol–water partition coefficient (Wildman–Crippen LogP) is 3.09. The van der Waals surface area contributed by atoms with Gasteiger partial charge >= 0.3 is 0 Å². The lowest BCUT2D eigenvalue weighted by Gasteiger charge is -2.29. The summed E-state index contributed by atoms with van der Waals surface area (Å²) in [6.45, 7) is 5.37. The second-order valence-electron chi connectivity index (χ2n) is 9.90. The van der Waals surface area contributed by atoms with Crippen molar-refractivity contribution in [2.45, 2.75) is 45.2 Å². The molecule has 0 bridgehead atoms. The van der Waals surface area contributed by atoms with Crippen molar-refractivity contribution in [3.8, 4) is 11.4 Å². The molecule has 0 radical (unpaired) electrons. The molecular weight excluding hydrogens is 489 g/mol. The summed E-state index contributed by atoms with van der Waals surface area (Å²) in [5, 5.41) is 8.82. The topological polar surface area (TPSA) is 114 Å². The van der Waals surface area contributed by atoms with Gasteiger partial charge in [0.1, 0.15) is 18.2 Å². The largest absolute Gasteiger partial charge is 0.485 e. The van der Waals surface area contributed by atoms with E-state index in [1.54, 1.807) is 26.1 Å². The molecule has 1 saturated carbocycles. The van der Waals surface area contributed by atoms with Crippen molar-refractivity contribution >= 4 is 17.5 Å². The first-order valence-corrected chi connectivity index (χ1v) is 12.5.